The Balaban J connectivity index is 1.78. The van der Waals surface area contributed by atoms with Crippen LogP contribution in [-0.4, -0.2) is 50.5 Å². The second-order valence-corrected chi connectivity index (χ2v) is 5.23. The number of hydrogen-bond acceptors (Lipinski definition) is 5. The van der Waals surface area contributed by atoms with Crippen molar-refractivity contribution in [2.24, 2.45) is 5.92 Å². The summed E-state index contributed by atoms with van der Waals surface area (Å²) in [5, 5.41) is 15.5. The maximum Gasteiger partial charge on any atom is 0.257 e. The third-order valence-corrected chi connectivity index (χ3v) is 3.54. The van der Waals surface area contributed by atoms with E-state index in [-0.39, 0.29) is 18.4 Å². The summed E-state index contributed by atoms with van der Waals surface area (Å²) in [5.74, 6) is 0.999. The number of carbonyl (C=O) groups excluding carboxylic acids is 1. The quantitative estimate of drug-likeness (QED) is 0.692. The van der Waals surface area contributed by atoms with E-state index in [1.165, 1.54) is 0 Å². The van der Waals surface area contributed by atoms with Crippen LogP contribution in [0.15, 0.2) is 18.2 Å². The fourth-order valence-corrected chi connectivity index (χ4v) is 2.26. The molecule has 6 nitrogen and oxygen atoms in total. The van der Waals surface area contributed by atoms with Crippen LogP contribution in [0.1, 0.15) is 5.56 Å². The highest BCUT2D eigenvalue weighted by molar-refractivity contribution is 5.77. The Bertz CT molecular complexity index is 493. The molecule has 1 aromatic carbocycles. The lowest BCUT2D eigenvalue weighted by Gasteiger charge is -2.15. The number of rotatable bonds is 6. The van der Waals surface area contributed by atoms with Gasteiger partial charge in [-0.1, -0.05) is 6.07 Å². The Labute approximate surface area is 124 Å². The minimum Gasteiger partial charge on any atom is -0.493 e. The summed E-state index contributed by atoms with van der Waals surface area (Å²) in [6.07, 6.45) is -0.400. The number of aryl methyl sites for hydroxylation is 1. The highest BCUT2D eigenvalue weighted by Crippen LogP contribution is 2.27. The zero-order chi connectivity index (χ0) is 15.2. The molecular weight excluding hydrogens is 272 g/mol. The van der Waals surface area contributed by atoms with Gasteiger partial charge in [0.05, 0.1) is 13.2 Å². The predicted molar refractivity (Wildman–Crippen MR) is 78.6 cm³/mol. The van der Waals surface area contributed by atoms with E-state index < -0.39 is 6.10 Å². The molecule has 1 fully saturated rings. The lowest BCUT2D eigenvalue weighted by atomic mass is 10.1. The molecule has 6 heteroatoms. The third kappa shape index (κ3) is 4.34. The molecular formula is C15H22N2O4. The van der Waals surface area contributed by atoms with E-state index in [1.54, 1.807) is 13.2 Å². The fraction of sp³-hybridized carbons (Fsp3) is 0.533. The highest BCUT2D eigenvalue weighted by atomic mass is 16.5. The molecule has 1 aliphatic rings. The van der Waals surface area contributed by atoms with Crippen molar-refractivity contribution in [2.75, 3.05) is 33.4 Å². The van der Waals surface area contributed by atoms with Gasteiger partial charge in [-0.2, -0.15) is 0 Å². The number of ether oxygens (including phenoxy) is 2. The van der Waals surface area contributed by atoms with E-state index in [9.17, 15) is 9.90 Å². The molecule has 2 rings (SSSR count). The first-order chi connectivity index (χ1) is 10.1. The van der Waals surface area contributed by atoms with E-state index in [0.29, 0.717) is 31.1 Å². The summed E-state index contributed by atoms with van der Waals surface area (Å²) in [6.45, 7) is 3.63. The SMILES string of the molecule is COc1cc(C)ccc1OCC(=O)NCC1CNCC1O. The standard InChI is InChI=1S/C15H22N2O4/c1-10-3-4-13(14(5-10)20-2)21-9-15(19)17-7-11-6-16-8-12(11)18/h3-5,11-12,16,18H,6-9H2,1-2H3,(H,17,19). The normalized spacial score (nSPS) is 21.1. The van der Waals surface area contributed by atoms with Crippen LogP contribution in [0, 0.1) is 12.8 Å². The van der Waals surface area contributed by atoms with Gasteiger partial charge in [0.1, 0.15) is 0 Å². The highest BCUT2D eigenvalue weighted by Gasteiger charge is 2.25. The van der Waals surface area contributed by atoms with Crippen molar-refractivity contribution in [3.05, 3.63) is 23.8 Å². The molecule has 1 heterocycles. The van der Waals surface area contributed by atoms with Gasteiger partial charge in [-0.05, 0) is 24.6 Å². The number of methoxy groups -OCH3 is 1. The fourth-order valence-electron chi connectivity index (χ4n) is 2.26. The number of β-amino-alcohol motifs (C(OH)–C–C–N with tert-alkyl or cyclic N) is 1. The first-order valence-electron chi connectivity index (χ1n) is 7.03. The number of carbonyl (C=O) groups is 1. The molecule has 3 N–H and O–H groups in total. The van der Waals surface area contributed by atoms with E-state index >= 15 is 0 Å². The van der Waals surface area contributed by atoms with Crippen molar-refractivity contribution in [1.82, 2.24) is 10.6 Å². The molecule has 2 unspecified atom stereocenters. The van der Waals surface area contributed by atoms with Gasteiger partial charge >= 0.3 is 0 Å². The topological polar surface area (TPSA) is 79.8 Å². The maximum atomic E-state index is 11.8. The number of hydrogen-bond donors (Lipinski definition) is 3. The first-order valence-corrected chi connectivity index (χ1v) is 7.03. The molecule has 0 bridgehead atoms. The number of aliphatic hydroxyl groups excluding tert-OH is 1. The van der Waals surface area contributed by atoms with Gasteiger partial charge < -0.3 is 25.2 Å². The molecule has 2 atom stereocenters. The van der Waals surface area contributed by atoms with Crippen LogP contribution < -0.4 is 20.1 Å². The van der Waals surface area contributed by atoms with Gasteiger partial charge in [-0.3, -0.25) is 4.79 Å². The average molecular weight is 294 g/mol. The molecule has 0 radical (unpaired) electrons. The Morgan fingerprint density at radius 1 is 1.43 bits per heavy atom. The van der Waals surface area contributed by atoms with Crippen LogP contribution in [0.25, 0.3) is 0 Å². The molecule has 1 amide bonds. The van der Waals surface area contributed by atoms with Crippen LogP contribution >= 0.6 is 0 Å². The second kappa shape index (κ2) is 7.28. The minimum absolute atomic E-state index is 0.0582. The van der Waals surface area contributed by atoms with Crippen LogP contribution in [0.3, 0.4) is 0 Å². The summed E-state index contributed by atoms with van der Waals surface area (Å²) in [6, 6.07) is 5.54. The Morgan fingerprint density at radius 2 is 2.24 bits per heavy atom. The van der Waals surface area contributed by atoms with Gasteiger partial charge in [-0.25, -0.2) is 0 Å². The molecule has 0 saturated carbocycles. The molecule has 0 aromatic heterocycles. The summed E-state index contributed by atoms with van der Waals surface area (Å²) in [5.41, 5.74) is 1.06. The number of aliphatic hydroxyl groups is 1. The van der Waals surface area contributed by atoms with E-state index in [0.717, 1.165) is 5.56 Å². The molecule has 116 valence electrons. The number of nitrogens with one attached hydrogen (secondary N) is 2. The largest absolute Gasteiger partial charge is 0.493 e. The van der Waals surface area contributed by atoms with Gasteiger partial charge in [0, 0.05) is 25.6 Å². The zero-order valence-electron chi connectivity index (χ0n) is 12.4. The van der Waals surface area contributed by atoms with E-state index in [1.807, 2.05) is 19.1 Å². The third-order valence-electron chi connectivity index (χ3n) is 3.54. The van der Waals surface area contributed by atoms with Crippen molar-refractivity contribution in [3.63, 3.8) is 0 Å². The molecule has 21 heavy (non-hydrogen) atoms. The van der Waals surface area contributed by atoms with Gasteiger partial charge in [0.25, 0.3) is 5.91 Å². The number of amides is 1. The Morgan fingerprint density at radius 3 is 2.90 bits per heavy atom. The Kier molecular flexibility index (Phi) is 5.41. The Hall–Kier alpha value is -1.79. The number of benzene rings is 1. The van der Waals surface area contributed by atoms with E-state index in [2.05, 4.69) is 10.6 Å². The monoisotopic (exact) mass is 294 g/mol. The molecule has 0 spiro atoms. The molecule has 0 aliphatic carbocycles. The summed E-state index contributed by atoms with van der Waals surface area (Å²) < 4.78 is 10.7. The van der Waals surface area contributed by atoms with Crippen molar-refractivity contribution in [1.29, 1.82) is 0 Å². The zero-order valence-corrected chi connectivity index (χ0v) is 12.4. The molecule has 1 aliphatic heterocycles. The first kappa shape index (κ1) is 15.6. The van der Waals surface area contributed by atoms with Crippen LogP contribution in [-0.2, 0) is 4.79 Å². The van der Waals surface area contributed by atoms with Gasteiger partial charge in [-0.15, -0.1) is 0 Å². The molecule has 1 saturated heterocycles. The summed E-state index contributed by atoms with van der Waals surface area (Å²) >= 11 is 0. The lowest BCUT2D eigenvalue weighted by Crippen LogP contribution is -2.36. The minimum atomic E-state index is -0.400. The van der Waals surface area contributed by atoms with E-state index in [4.69, 9.17) is 9.47 Å². The molecule has 1 aromatic rings. The van der Waals surface area contributed by atoms with Gasteiger partial charge in [0.15, 0.2) is 18.1 Å². The predicted octanol–water partition coefficient (Wildman–Crippen LogP) is 0.0789. The van der Waals surface area contributed by atoms with Gasteiger partial charge in [0.2, 0.25) is 0 Å². The summed E-state index contributed by atoms with van der Waals surface area (Å²) in [4.78, 5) is 11.8. The van der Waals surface area contributed by atoms with Crippen LogP contribution in [0.4, 0.5) is 0 Å². The van der Waals surface area contributed by atoms with Crippen molar-refractivity contribution in [2.45, 2.75) is 13.0 Å². The van der Waals surface area contributed by atoms with Crippen molar-refractivity contribution in [3.8, 4) is 11.5 Å². The van der Waals surface area contributed by atoms with Crippen LogP contribution in [0.2, 0.25) is 0 Å². The average Bonchev–Trinajstić information content (AvgIpc) is 2.89. The summed E-state index contributed by atoms with van der Waals surface area (Å²) in [7, 11) is 1.57. The smallest absolute Gasteiger partial charge is 0.257 e. The van der Waals surface area contributed by atoms with Crippen LogP contribution in [0.5, 0.6) is 11.5 Å². The second-order valence-electron chi connectivity index (χ2n) is 5.23. The maximum absolute atomic E-state index is 11.8. The van der Waals surface area contributed by atoms with Crippen molar-refractivity contribution < 1.29 is 19.4 Å². The lowest BCUT2D eigenvalue weighted by molar-refractivity contribution is -0.123. The van der Waals surface area contributed by atoms with Crippen molar-refractivity contribution >= 4 is 5.91 Å².